The zero-order chi connectivity index (χ0) is 15.6. The molecule has 1 unspecified atom stereocenters. The molecule has 1 heterocycles. The Balaban J connectivity index is 2.40. The largest absolute Gasteiger partial charge is 0.376 e. The third kappa shape index (κ3) is 3.24. The van der Waals surface area contributed by atoms with Crippen molar-refractivity contribution in [3.63, 3.8) is 0 Å². The summed E-state index contributed by atoms with van der Waals surface area (Å²) in [5.74, 6) is -0.739. The van der Waals surface area contributed by atoms with Crippen LogP contribution in [0.2, 0.25) is 0 Å². The van der Waals surface area contributed by atoms with Crippen LogP contribution in [-0.2, 0) is 14.4 Å². The van der Waals surface area contributed by atoms with E-state index in [4.69, 9.17) is 0 Å². The van der Waals surface area contributed by atoms with E-state index >= 15 is 0 Å². The zero-order valence-electron chi connectivity index (χ0n) is 11.8. The van der Waals surface area contributed by atoms with Gasteiger partial charge in [-0.15, -0.1) is 0 Å². The molecule has 1 aromatic carbocycles. The van der Waals surface area contributed by atoms with Crippen molar-refractivity contribution in [3.8, 4) is 0 Å². The molecule has 6 nitrogen and oxygen atoms in total. The Kier molecular flexibility index (Phi) is 4.62. The van der Waals surface area contributed by atoms with E-state index in [1.54, 1.807) is 6.07 Å². The van der Waals surface area contributed by atoms with Crippen LogP contribution < -0.4 is 15.1 Å². The summed E-state index contributed by atoms with van der Waals surface area (Å²) in [5, 5.41) is 2.27. The Bertz CT molecular complexity index is 589. The first-order valence-corrected chi connectivity index (χ1v) is 7.27. The van der Waals surface area contributed by atoms with Gasteiger partial charge in [-0.1, -0.05) is 15.9 Å². The van der Waals surface area contributed by atoms with E-state index in [2.05, 4.69) is 21.2 Å². The van der Waals surface area contributed by atoms with Gasteiger partial charge in [0.25, 0.3) is 0 Å². The molecule has 112 valence electrons. The van der Waals surface area contributed by atoms with Crippen LogP contribution in [0.1, 0.15) is 12.8 Å². The molecule has 1 aliphatic rings. The van der Waals surface area contributed by atoms with Crippen LogP contribution in [0.4, 0.5) is 11.4 Å². The lowest BCUT2D eigenvalue weighted by Gasteiger charge is -2.32. The molecule has 3 amide bonds. The van der Waals surface area contributed by atoms with Crippen LogP contribution in [0.15, 0.2) is 22.7 Å². The minimum Gasteiger partial charge on any atom is -0.376 e. The molecule has 1 N–H and O–H groups in total. The fourth-order valence-electron chi connectivity index (χ4n) is 2.32. The van der Waals surface area contributed by atoms with Crippen LogP contribution >= 0.6 is 15.9 Å². The Labute approximate surface area is 131 Å². The molecule has 21 heavy (non-hydrogen) atoms. The summed E-state index contributed by atoms with van der Waals surface area (Å²) >= 11 is 3.39. The molecular formula is C14H16BrN3O3. The summed E-state index contributed by atoms with van der Waals surface area (Å²) in [5.41, 5.74) is 1.44. The second kappa shape index (κ2) is 6.26. The molecule has 1 fully saturated rings. The quantitative estimate of drug-likeness (QED) is 0.653. The fraction of sp³-hybridized carbons (Fsp3) is 0.357. The van der Waals surface area contributed by atoms with Gasteiger partial charge in [-0.25, -0.2) is 0 Å². The normalized spacial score (nSPS) is 18.1. The second-order valence-electron chi connectivity index (χ2n) is 5.01. The SMILES string of the molecule is CN(C)c1cc(Br)ccc1N(C=O)C1CCC(=O)NC1=O. The fourth-order valence-corrected chi connectivity index (χ4v) is 2.67. The van der Waals surface area contributed by atoms with Gasteiger partial charge in [0.15, 0.2) is 0 Å². The number of rotatable bonds is 4. The predicted octanol–water partition coefficient (Wildman–Crippen LogP) is 1.28. The number of piperidine rings is 1. The highest BCUT2D eigenvalue weighted by Gasteiger charge is 2.33. The van der Waals surface area contributed by atoms with E-state index in [1.807, 2.05) is 31.1 Å². The topological polar surface area (TPSA) is 69.7 Å². The van der Waals surface area contributed by atoms with Crippen molar-refractivity contribution >= 4 is 45.5 Å². The van der Waals surface area contributed by atoms with Gasteiger partial charge in [0.05, 0.1) is 11.4 Å². The van der Waals surface area contributed by atoms with E-state index in [0.29, 0.717) is 18.5 Å². The number of nitrogens with one attached hydrogen (secondary N) is 1. The molecule has 1 aliphatic heterocycles. The van der Waals surface area contributed by atoms with E-state index < -0.39 is 11.9 Å². The maximum atomic E-state index is 12.0. The number of hydrogen-bond acceptors (Lipinski definition) is 4. The summed E-state index contributed by atoms with van der Waals surface area (Å²) < 4.78 is 0.879. The van der Waals surface area contributed by atoms with E-state index in [1.165, 1.54) is 4.90 Å². The van der Waals surface area contributed by atoms with Crippen LogP contribution in [0.3, 0.4) is 0 Å². The van der Waals surface area contributed by atoms with E-state index in [0.717, 1.165) is 10.2 Å². The molecule has 0 spiro atoms. The number of halogens is 1. The molecule has 0 radical (unpaired) electrons. The summed E-state index contributed by atoms with van der Waals surface area (Å²) in [4.78, 5) is 38.0. The van der Waals surface area contributed by atoms with Crippen molar-refractivity contribution in [1.82, 2.24) is 5.32 Å². The second-order valence-corrected chi connectivity index (χ2v) is 5.92. The molecule has 1 saturated heterocycles. The van der Waals surface area contributed by atoms with Gasteiger partial charge in [0, 0.05) is 25.0 Å². The molecule has 1 atom stereocenters. The van der Waals surface area contributed by atoms with Gasteiger partial charge < -0.3 is 9.80 Å². The summed E-state index contributed by atoms with van der Waals surface area (Å²) in [6.07, 6.45) is 1.19. The van der Waals surface area contributed by atoms with Crippen molar-refractivity contribution in [1.29, 1.82) is 0 Å². The van der Waals surface area contributed by atoms with Gasteiger partial charge in [-0.3, -0.25) is 19.7 Å². The smallest absolute Gasteiger partial charge is 0.249 e. The zero-order valence-corrected chi connectivity index (χ0v) is 13.4. The highest BCUT2D eigenvalue weighted by Crippen LogP contribution is 2.33. The maximum Gasteiger partial charge on any atom is 0.249 e. The summed E-state index contributed by atoms with van der Waals surface area (Å²) in [6.45, 7) is 0. The average molecular weight is 354 g/mol. The minimum atomic E-state index is -0.667. The van der Waals surface area contributed by atoms with Gasteiger partial charge in [0.1, 0.15) is 6.04 Å². The van der Waals surface area contributed by atoms with Crippen LogP contribution in [0.5, 0.6) is 0 Å². The molecule has 0 aliphatic carbocycles. The van der Waals surface area contributed by atoms with Crippen molar-refractivity contribution in [3.05, 3.63) is 22.7 Å². The third-order valence-electron chi connectivity index (χ3n) is 3.36. The Hall–Kier alpha value is -1.89. The van der Waals surface area contributed by atoms with Crippen molar-refractivity contribution in [2.75, 3.05) is 23.9 Å². The molecule has 0 aromatic heterocycles. The van der Waals surface area contributed by atoms with Crippen LogP contribution in [0.25, 0.3) is 0 Å². The minimum absolute atomic E-state index is 0.231. The number of imide groups is 1. The molecule has 1 aromatic rings. The van der Waals surface area contributed by atoms with E-state index in [-0.39, 0.29) is 12.3 Å². The molecule has 7 heteroatoms. The maximum absolute atomic E-state index is 12.0. The predicted molar refractivity (Wildman–Crippen MR) is 83.2 cm³/mol. The number of nitrogens with zero attached hydrogens (tertiary/aromatic N) is 2. The van der Waals surface area contributed by atoms with Gasteiger partial charge in [0.2, 0.25) is 18.2 Å². The Morgan fingerprint density at radius 2 is 2.00 bits per heavy atom. The van der Waals surface area contributed by atoms with Crippen molar-refractivity contribution in [2.24, 2.45) is 0 Å². The summed E-state index contributed by atoms with van der Waals surface area (Å²) in [7, 11) is 3.72. The van der Waals surface area contributed by atoms with Crippen molar-refractivity contribution < 1.29 is 14.4 Å². The number of carbonyl (C=O) groups excluding carboxylic acids is 3. The number of anilines is 2. The number of benzene rings is 1. The molecule has 2 rings (SSSR count). The summed E-state index contributed by atoms with van der Waals surface area (Å²) in [6, 6.07) is 4.79. The van der Waals surface area contributed by atoms with Crippen LogP contribution in [0, 0.1) is 0 Å². The molecular weight excluding hydrogens is 338 g/mol. The Morgan fingerprint density at radius 1 is 1.29 bits per heavy atom. The highest BCUT2D eigenvalue weighted by molar-refractivity contribution is 9.10. The molecule has 0 saturated carbocycles. The number of hydrogen-bond donors (Lipinski definition) is 1. The molecule has 0 bridgehead atoms. The lowest BCUT2D eigenvalue weighted by atomic mass is 10.0. The number of amides is 3. The van der Waals surface area contributed by atoms with Crippen molar-refractivity contribution in [2.45, 2.75) is 18.9 Å². The lowest BCUT2D eigenvalue weighted by molar-refractivity contribution is -0.134. The first kappa shape index (κ1) is 15.5. The standard InChI is InChI=1S/C14H16BrN3O3/c1-17(2)12-7-9(15)3-4-10(12)18(8-19)11-5-6-13(20)16-14(11)21/h3-4,7-8,11H,5-6H2,1-2H3,(H,16,20,21). The third-order valence-corrected chi connectivity index (χ3v) is 3.85. The van der Waals surface area contributed by atoms with Gasteiger partial charge >= 0.3 is 0 Å². The first-order valence-electron chi connectivity index (χ1n) is 6.48. The highest BCUT2D eigenvalue weighted by atomic mass is 79.9. The Morgan fingerprint density at radius 3 is 2.57 bits per heavy atom. The first-order chi connectivity index (χ1) is 9.93. The lowest BCUT2D eigenvalue weighted by Crippen LogP contribution is -2.52. The van der Waals surface area contributed by atoms with E-state index in [9.17, 15) is 14.4 Å². The number of carbonyl (C=O) groups is 3. The van der Waals surface area contributed by atoms with Crippen LogP contribution in [-0.4, -0.2) is 38.4 Å². The van der Waals surface area contributed by atoms with Gasteiger partial charge in [-0.2, -0.15) is 0 Å². The average Bonchev–Trinajstić information content (AvgIpc) is 2.42. The monoisotopic (exact) mass is 353 g/mol. The van der Waals surface area contributed by atoms with Gasteiger partial charge in [-0.05, 0) is 24.6 Å².